The zero-order valence-corrected chi connectivity index (χ0v) is 15.3. The van der Waals surface area contributed by atoms with Gasteiger partial charge < -0.3 is 10.2 Å². The van der Waals surface area contributed by atoms with E-state index in [-0.39, 0.29) is 5.54 Å². The Hall–Kier alpha value is -0.120. The minimum atomic E-state index is 0.242. The first-order valence-electron chi connectivity index (χ1n) is 8.25. The Morgan fingerprint density at radius 3 is 2.05 bits per heavy atom. The molecule has 3 nitrogen and oxygen atoms in total. The highest BCUT2D eigenvalue weighted by molar-refractivity contribution is 4.73. The molecule has 0 aliphatic rings. The molecule has 0 aromatic carbocycles. The molecule has 3 heteroatoms. The molecule has 0 saturated carbocycles. The average molecular weight is 286 g/mol. The van der Waals surface area contributed by atoms with Crippen LogP contribution in [0.4, 0.5) is 0 Å². The summed E-state index contributed by atoms with van der Waals surface area (Å²) >= 11 is 0. The first-order chi connectivity index (χ1) is 9.11. The lowest BCUT2D eigenvalue weighted by Gasteiger charge is -2.32. The summed E-state index contributed by atoms with van der Waals surface area (Å²) in [7, 11) is 4.32. The Balaban J connectivity index is 4.09. The predicted octanol–water partition coefficient (Wildman–Crippen LogP) is 3.06. The third-order valence-corrected chi connectivity index (χ3v) is 3.51. The summed E-state index contributed by atoms with van der Waals surface area (Å²) in [6.45, 7) is 18.4. The lowest BCUT2D eigenvalue weighted by molar-refractivity contribution is 0.160. The van der Waals surface area contributed by atoms with E-state index < -0.39 is 0 Å². The van der Waals surface area contributed by atoms with E-state index in [1.807, 2.05) is 0 Å². The Morgan fingerprint density at radius 1 is 1.00 bits per heavy atom. The van der Waals surface area contributed by atoms with Crippen molar-refractivity contribution in [2.45, 2.75) is 66.0 Å². The molecule has 0 spiro atoms. The normalized spacial score (nSPS) is 14.6. The molecule has 0 bridgehead atoms. The first kappa shape index (κ1) is 19.9. The van der Waals surface area contributed by atoms with Crippen molar-refractivity contribution in [1.82, 2.24) is 15.1 Å². The van der Waals surface area contributed by atoms with E-state index in [0.717, 1.165) is 19.0 Å². The van der Waals surface area contributed by atoms with Crippen LogP contribution in [0.5, 0.6) is 0 Å². The first-order valence-corrected chi connectivity index (χ1v) is 8.25. The van der Waals surface area contributed by atoms with Gasteiger partial charge in [0.15, 0.2) is 0 Å². The number of hydrogen-bond acceptors (Lipinski definition) is 3. The van der Waals surface area contributed by atoms with Crippen LogP contribution in [0.15, 0.2) is 0 Å². The number of likely N-dealkylation sites (N-methyl/N-ethyl adjacent to an activating group) is 1. The summed E-state index contributed by atoms with van der Waals surface area (Å²) in [5.41, 5.74) is 0.242. The van der Waals surface area contributed by atoms with Gasteiger partial charge >= 0.3 is 0 Å². The van der Waals surface area contributed by atoms with Crippen molar-refractivity contribution in [1.29, 1.82) is 0 Å². The number of rotatable bonds is 10. The standard InChI is InChI=1S/C17H39N3/c1-15(2)14-20(13-12-19(7)8)16(3)10-9-11-18-17(4,5)6/h15-16,18H,9-14H2,1-8H3. The van der Waals surface area contributed by atoms with Crippen molar-refractivity contribution in [3.8, 4) is 0 Å². The van der Waals surface area contributed by atoms with Crippen LogP contribution in [0.3, 0.4) is 0 Å². The Bertz CT molecular complexity index is 231. The molecule has 1 N–H and O–H groups in total. The lowest BCUT2D eigenvalue weighted by atomic mass is 10.1. The molecule has 1 atom stereocenters. The second-order valence-electron chi connectivity index (χ2n) is 7.86. The Labute approximate surface area is 128 Å². The van der Waals surface area contributed by atoms with Crippen LogP contribution >= 0.6 is 0 Å². The molecular weight excluding hydrogens is 246 g/mol. The van der Waals surface area contributed by atoms with Crippen LogP contribution in [0.25, 0.3) is 0 Å². The highest BCUT2D eigenvalue weighted by Gasteiger charge is 2.15. The maximum absolute atomic E-state index is 3.58. The van der Waals surface area contributed by atoms with Gasteiger partial charge in [0.05, 0.1) is 0 Å². The Kier molecular flexibility index (Phi) is 9.69. The second-order valence-corrected chi connectivity index (χ2v) is 7.86. The lowest BCUT2D eigenvalue weighted by Crippen LogP contribution is -2.41. The second kappa shape index (κ2) is 9.75. The van der Waals surface area contributed by atoms with E-state index in [2.05, 4.69) is 70.8 Å². The van der Waals surface area contributed by atoms with Gasteiger partial charge in [0.25, 0.3) is 0 Å². The van der Waals surface area contributed by atoms with Gasteiger partial charge in [0.1, 0.15) is 0 Å². The fourth-order valence-corrected chi connectivity index (χ4v) is 2.33. The van der Waals surface area contributed by atoms with Crippen LogP contribution in [0, 0.1) is 5.92 Å². The SMILES string of the molecule is CC(C)CN(CCN(C)C)C(C)CCCNC(C)(C)C. The summed E-state index contributed by atoms with van der Waals surface area (Å²) in [6.07, 6.45) is 2.54. The highest BCUT2D eigenvalue weighted by atomic mass is 15.2. The van der Waals surface area contributed by atoms with Gasteiger partial charge in [-0.25, -0.2) is 0 Å². The van der Waals surface area contributed by atoms with E-state index in [4.69, 9.17) is 0 Å². The van der Waals surface area contributed by atoms with Crippen molar-refractivity contribution in [3.05, 3.63) is 0 Å². The van der Waals surface area contributed by atoms with Gasteiger partial charge in [-0.2, -0.15) is 0 Å². The molecule has 0 fully saturated rings. The van der Waals surface area contributed by atoms with Crippen molar-refractivity contribution in [2.75, 3.05) is 40.3 Å². The quantitative estimate of drug-likeness (QED) is 0.622. The summed E-state index contributed by atoms with van der Waals surface area (Å²) in [4.78, 5) is 4.93. The molecule has 0 aromatic heterocycles. The molecule has 0 rings (SSSR count). The average Bonchev–Trinajstić information content (AvgIpc) is 2.27. The topological polar surface area (TPSA) is 18.5 Å². The molecule has 0 amide bonds. The molecule has 0 aliphatic carbocycles. The van der Waals surface area contributed by atoms with Crippen LogP contribution in [-0.2, 0) is 0 Å². The van der Waals surface area contributed by atoms with Crippen molar-refractivity contribution in [2.24, 2.45) is 5.92 Å². The molecule has 0 aliphatic heterocycles. The van der Waals surface area contributed by atoms with E-state index in [9.17, 15) is 0 Å². The highest BCUT2D eigenvalue weighted by Crippen LogP contribution is 2.10. The van der Waals surface area contributed by atoms with E-state index in [0.29, 0.717) is 6.04 Å². The summed E-state index contributed by atoms with van der Waals surface area (Å²) in [5.74, 6) is 0.743. The molecule has 1 unspecified atom stereocenters. The zero-order valence-electron chi connectivity index (χ0n) is 15.3. The molecular formula is C17H39N3. The number of nitrogens with one attached hydrogen (secondary N) is 1. The van der Waals surface area contributed by atoms with E-state index in [1.54, 1.807) is 0 Å². The van der Waals surface area contributed by atoms with Gasteiger partial charge in [-0.3, -0.25) is 4.90 Å². The maximum Gasteiger partial charge on any atom is 0.0112 e. The smallest absolute Gasteiger partial charge is 0.0112 e. The van der Waals surface area contributed by atoms with Crippen LogP contribution < -0.4 is 5.32 Å². The van der Waals surface area contributed by atoms with E-state index in [1.165, 1.54) is 25.9 Å². The number of hydrogen-bond donors (Lipinski definition) is 1. The molecule has 0 aromatic rings. The van der Waals surface area contributed by atoms with Crippen molar-refractivity contribution < 1.29 is 0 Å². The van der Waals surface area contributed by atoms with Gasteiger partial charge in [-0.15, -0.1) is 0 Å². The van der Waals surface area contributed by atoms with Crippen LogP contribution in [-0.4, -0.2) is 61.7 Å². The fourth-order valence-electron chi connectivity index (χ4n) is 2.33. The molecule has 0 radical (unpaired) electrons. The summed E-state index contributed by atoms with van der Waals surface area (Å²) in [5, 5.41) is 3.58. The third kappa shape index (κ3) is 11.7. The van der Waals surface area contributed by atoms with Crippen molar-refractivity contribution in [3.63, 3.8) is 0 Å². The largest absolute Gasteiger partial charge is 0.312 e. The van der Waals surface area contributed by atoms with Gasteiger partial charge in [0, 0.05) is 31.2 Å². The third-order valence-electron chi connectivity index (χ3n) is 3.51. The van der Waals surface area contributed by atoms with Gasteiger partial charge in [-0.1, -0.05) is 13.8 Å². The summed E-state index contributed by atoms with van der Waals surface area (Å²) < 4.78 is 0. The minimum Gasteiger partial charge on any atom is -0.312 e. The van der Waals surface area contributed by atoms with E-state index >= 15 is 0 Å². The monoisotopic (exact) mass is 285 g/mol. The maximum atomic E-state index is 3.58. The molecule has 20 heavy (non-hydrogen) atoms. The van der Waals surface area contributed by atoms with Gasteiger partial charge in [-0.05, 0) is 67.1 Å². The molecule has 122 valence electrons. The fraction of sp³-hybridized carbons (Fsp3) is 1.00. The Morgan fingerprint density at radius 2 is 1.60 bits per heavy atom. The van der Waals surface area contributed by atoms with Gasteiger partial charge in [0.2, 0.25) is 0 Å². The number of nitrogens with zero attached hydrogens (tertiary/aromatic N) is 2. The predicted molar refractivity (Wildman–Crippen MR) is 91.4 cm³/mol. The van der Waals surface area contributed by atoms with Crippen molar-refractivity contribution >= 4 is 0 Å². The minimum absolute atomic E-state index is 0.242. The summed E-state index contributed by atoms with van der Waals surface area (Å²) in [6, 6.07) is 0.680. The van der Waals surface area contributed by atoms with Crippen LogP contribution in [0.2, 0.25) is 0 Å². The molecule has 0 heterocycles. The van der Waals surface area contributed by atoms with Crippen LogP contribution in [0.1, 0.15) is 54.4 Å². The zero-order chi connectivity index (χ0) is 15.8. The molecule has 0 saturated heterocycles.